The van der Waals surface area contributed by atoms with Crippen LogP contribution in [-0.2, 0) is 12.8 Å². The average Bonchev–Trinajstić information content (AvgIpc) is 2.42. The van der Waals surface area contributed by atoms with Crippen LogP contribution in [0.2, 0.25) is 5.02 Å². The van der Waals surface area contributed by atoms with Crippen LogP contribution in [0.1, 0.15) is 11.1 Å². The molecule has 2 rings (SSSR count). The predicted octanol–water partition coefficient (Wildman–Crippen LogP) is 4.26. The lowest BCUT2D eigenvalue weighted by atomic mass is 10.0. The molecule has 2 aromatic carbocycles. The van der Waals surface area contributed by atoms with Gasteiger partial charge in [0.2, 0.25) is 0 Å². The van der Waals surface area contributed by atoms with Gasteiger partial charge in [-0.2, -0.15) is 0 Å². The fourth-order valence-electron chi connectivity index (χ4n) is 2.14. The van der Waals surface area contributed by atoms with Crippen molar-refractivity contribution in [3.05, 3.63) is 63.1 Å². The molecule has 0 fully saturated rings. The maximum Gasteiger partial charge on any atom is 0.122 e. The van der Waals surface area contributed by atoms with Crippen molar-refractivity contribution in [3.8, 4) is 5.75 Å². The third-order valence-electron chi connectivity index (χ3n) is 3.12. The molecule has 106 valence electrons. The molecule has 1 atom stereocenters. The van der Waals surface area contributed by atoms with E-state index in [0.717, 1.165) is 21.3 Å². The van der Waals surface area contributed by atoms with Crippen LogP contribution in [0.3, 0.4) is 0 Å². The predicted molar refractivity (Wildman–Crippen MR) is 85.6 cm³/mol. The first-order valence-corrected chi connectivity index (χ1v) is 7.51. The Morgan fingerprint density at radius 2 is 1.85 bits per heavy atom. The van der Waals surface area contributed by atoms with Crippen molar-refractivity contribution in [3.63, 3.8) is 0 Å². The minimum absolute atomic E-state index is 0.495. The highest BCUT2D eigenvalue weighted by Crippen LogP contribution is 2.24. The van der Waals surface area contributed by atoms with Gasteiger partial charge < -0.3 is 9.84 Å². The summed E-state index contributed by atoms with van der Waals surface area (Å²) in [5.74, 6) is 0.799. The molecular weight excluding hydrogens is 340 g/mol. The molecule has 0 aliphatic heterocycles. The Morgan fingerprint density at radius 3 is 2.55 bits per heavy atom. The summed E-state index contributed by atoms with van der Waals surface area (Å²) in [4.78, 5) is 0. The zero-order chi connectivity index (χ0) is 14.5. The minimum Gasteiger partial charge on any atom is -0.496 e. The SMILES string of the molecule is COc1ccccc1CC(O)Cc1ccc(Br)cc1Cl. The van der Waals surface area contributed by atoms with Crippen LogP contribution >= 0.6 is 27.5 Å². The van der Waals surface area contributed by atoms with Gasteiger partial charge in [0.25, 0.3) is 0 Å². The van der Waals surface area contributed by atoms with E-state index in [0.29, 0.717) is 17.9 Å². The Bertz CT molecular complexity index is 586. The molecule has 0 spiro atoms. The van der Waals surface area contributed by atoms with E-state index in [4.69, 9.17) is 16.3 Å². The molecule has 1 unspecified atom stereocenters. The molecular formula is C16H16BrClO2. The fourth-order valence-corrected chi connectivity index (χ4v) is 2.89. The molecule has 0 heterocycles. The number of ether oxygens (including phenoxy) is 1. The number of hydrogen-bond donors (Lipinski definition) is 1. The molecule has 2 nitrogen and oxygen atoms in total. The molecule has 0 bridgehead atoms. The van der Waals surface area contributed by atoms with Gasteiger partial charge in [0.15, 0.2) is 0 Å². The average molecular weight is 356 g/mol. The van der Waals surface area contributed by atoms with E-state index in [-0.39, 0.29) is 0 Å². The first kappa shape index (κ1) is 15.4. The van der Waals surface area contributed by atoms with Crippen LogP contribution in [0.4, 0.5) is 0 Å². The number of para-hydroxylation sites is 1. The van der Waals surface area contributed by atoms with Crippen molar-refractivity contribution in [2.24, 2.45) is 0 Å². The molecule has 0 saturated carbocycles. The second-order valence-electron chi connectivity index (χ2n) is 4.61. The van der Waals surface area contributed by atoms with Gasteiger partial charge in [0.05, 0.1) is 13.2 Å². The zero-order valence-electron chi connectivity index (χ0n) is 11.1. The first-order valence-electron chi connectivity index (χ1n) is 6.34. The van der Waals surface area contributed by atoms with Crippen LogP contribution in [0, 0.1) is 0 Å². The zero-order valence-corrected chi connectivity index (χ0v) is 13.5. The number of hydrogen-bond acceptors (Lipinski definition) is 2. The Kier molecular flexibility index (Phi) is 5.46. The summed E-state index contributed by atoms with van der Waals surface area (Å²) >= 11 is 9.54. The molecule has 0 aliphatic carbocycles. The van der Waals surface area contributed by atoms with Gasteiger partial charge in [-0.25, -0.2) is 0 Å². The fraction of sp³-hybridized carbons (Fsp3) is 0.250. The second-order valence-corrected chi connectivity index (χ2v) is 5.93. The van der Waals surface area contributed by atoms with Crippen molar-refractivity contribution in [2.75, 3.05) is 7.11 Å². The van der Waals surface area contributed by atoms with Gasteiger partial charge in [-0.05, 0) is 29.3 Å². The lowest BCUT2D eigenvalue weighted by molar-refractivity contribution is 0.174. The van der Waals surface area contributed by atoms with Crippen LogP contribution < -0.4 is 4.74 Å². The first-order chi connectivity index (χ1) is 9.60. The number of rotatable bonds is 5. The Labute approximate surface area is 132 Å². The van der Waals surface area contributed by atoms with Gasteiger partial charge in [-0.3, -0.25) is 0 Å². The Balaban J connectivity index is 2.07. The van der Waals surface area contributed by atoms with Crippen LogP contribution in [-0.4, -0.2) is 18.3 Å². The van der Waals surface area contributed by atoms with E-state index in [1.54, 1.807) is 7.11 Å². The molecule has 0 aliphatic rings. The monoisotopic (exact) mass is 354 g/mol. The Hall–Kier alpha value is -1.03. The van der Waals surface area contributed by atoms with E-state index in [9.17, 15) is 5.11 Å². The number of halogens is 2. The lowest BCUT2D eigenvalue weighted by Gasteiger charge is -2.14. The van der Waals surface area contributed by atoms with Gasteiger partial charge in [0, 0.05) is 22.3 Å². The van der Waals surface area contributed by atoms with E-state index < -0.39 is 6.10 Å². The molecule has 20 heavy (non-hydrogen) atoms. The minimum atomic E-state index is -0.495. The second kappa shape index (κ2) is 7.11. The summed E-state index contributed by atoms with van der Waals surface area (Å²) < 4.78 is 6.23. The summed E-state index contributed by atoms with van der Waals surface area (Å²) in [5.41, 5.74) is 1.94. The third-order valence-corrected chi connectivity index (χ3v) is 3.96. The standard InChI is InChI=1S/C16H16BrClO2/c1-20-16-5-3-2-4-12(16)9-14(19)8-11-6-7-13(17)10-15(11)18/h2-7,10,14,19H,8-9H2,1H3. The molecule has 0 aromatic heterocycles. The largest absolute Gasteiger partial charge is 0.496 e. The molecule has 4 heteroatoms. The highest BCUT2D eigenvalue weighted by Gasteiger charge is 2.12. The van der Waals surface area contributed by atoms with Crippen molar-refractivity contribution >= 4 is 27.5 Å². The third kappa shape index (κ3) is 3.98. The van der Waals surface area contributed by atoms with Crippen molar-refractivity contribution in [1.82, 2.24) is 0 Å². The summed E-state index contributed by atoms with van der Waals surface area (Å²) in [5, 5.41) is 10.9. The number of methoxy groups -OCH3 is 1. The normalized spacial score (nSPS) is 12.2. The molecule has 0 radical (unpaired) electrons. The van der Waals surface area contributed by atoms with Crippen LogP contribution in [0.5, 0.6) is 5.75 Å². The lowest BCUT2D eigenvalue weighted by Crippen LogP contribution is -2.14. The van der Waals surface area contributed by atoms with Crippen LogP contribution in [0.15, 0.2) is 46.9 Å². The molecule has 0 saturated heterocycles. The summed E-state index contributed by atoms with van der Waals surface area (Å²) in [7, 11) is 1.64. The summed E-state index contributed by atoms with van der Waals surface area (Å²) in [6.45, 7) is 0. The van der Waals surface area contributed by atoms with Crippen LogP contribution in [0.25, 0.3) is 0 Å². The molecule has 1 N–H and O–H groups in total. The quantitative estimate of drug-likeness (QED) is 0.868. The summed E-state index contributed by atoms with van der Waals surface area (Å²) in [6.07, 6.45) is 0.561. The van der Waals surface area contributed by atoms with E-state index in [1.165, 1.54) is 0 Å². The van der Waals surface area contributed by atoms with E-state index in [2.05, 4.69) is 15.9 Å². The van der Waals surface area contributed by atoms with Gasteiger partial charge in [-0.1, -0.05) is 51.8 Å². The van der Waals surface area contributed by atoms with Gasteiger partial charge >= 0.3 is 0 Å². The highest BCUT2D eigenvalue weighted by atomic mass is 79.9. The maximum absolute atomic E-state index is 10.2. The van der Waals surface area contributed by atoms with E-state index in [1.807, 2.05) is 42.5 Å². The van der Waals surface area contributed by atoms with Crippen molar-refractivity contribution in [1.29, 1.82) is 0 Å². The maximum atomic E-state index is 10.2. The molecule has 0 amide bonds. The van der Waals surface area contributed by atoms with E-state index >= 15 is 0 Å². The van der Waals surface area contributed by atoms with Gasteiger partial charge in [-0.15, -0.1) is 0 Å². The van der Waals surface area contributed by atoms with Gasteiger partial charge in [0.1, 0.15) is 5.75 Å². The topological polar surface area (TPSA) is 29.5 Å². The number of aliphatic hydroxyl groups excluding tert-OH is 1. The van der Waals surface area contributed by atoms with Crippen molar-refractivity contribution < 1.29 is 9.84 Å². The molecule has 2 aromatic rings. The number of aliphatic hydroxyl groups is 1. The number of benzene rings is 2. The smallest absolute Gasteiger partial charge is 0.122 e. The summed E-state index contributed by atoms with van der Waals surface area (Å²) in [6, 6.07) is 13.4. The van der Waals surface area contributed by atoms with Crippen molar-refractivity contribution in [2.45, 2.75) is 18.9 Å². The Morgan fingerprint density at radius 1 is 1.15 bits per heavy atom. The highest BCUT2D eigenvalue weighted by molar-refractivity contribution is 9.10.